The van der Waals surface area contributed by atoms with Crippen LogP contribution >= 0.6 is 0 Å². The minimum absolute atomic E-state index is 0.0788. The van der Waals surface area contributed by atoms with Gasteiger partial charge in [0, 0.05) is 6.54 Å². The zero-order chi connectivity index (χ0) is 15.2. The first-order valence-electron chi connectivity index (χ1n) is 6.93. The summed E-state index contributed by atoms with van der Waals surface area (Å²) in [5.41, 5.74) is 1.14. The topological polar surface area (TPSA) is 69.6 Å². The Morgan fingerprint density at radius 3 is 2.29 bits per heavy atom. The molecule has 1 amide bonds. The minimum atomic E-state index is -0.467. The summed E-state index contributed by atoms with van der Waals surface area (Å²) in [5, 5.41) is 22.0. The van der Waals surface area contributed by atoms with Crippen LogP contribution in [0.25, 0.3) is 0 Å². The van der Waals surface area contributed by atoms with E-state index in [1.54, 1.807) is 0 Å². The van der Waals surface area contributed by atoms with Crippen LogP contribution in [-0.2, 0) is 0 Å². The number of phenols is 2. The molecule has 0 aliphatic carbocycles. The number of amides is 1. The first-order valence-corrected chi connectivity index (χ1v) is 6.93. The molecule has 1 atom stereocenters. The van der Waals surface area contributed by atoms with Crippen molar-refractivity contribution in [2.45, 2.75) is 19.3 Å². The quantitative estimate of drug-likeness (QED) is 0.791. The molecule has 21 heavy (non-hydrogen) atoms. The average Bonchev–Trinajstić information content (AvgIpc) is 2.48. The Morgan fingerprint density at radius 2 is 1.67 bits per heavy atom. The monoisotopic (exact) mass is 285 g/mol. The van der Waals surface area contributed by atoms with E-state index in [-0.39, 0.29) is 17.1 Å². The van der Waals surface area contributed by atoms with Crippen molar-refractivity contribution >= 4 is 5.91 Å². The summed E-state index contributed by atoms with van der Waals surface area (Å²) in [6, 6.07) is 14.3. The van der Waals surface area contributed by atoms with Gasteiger partial charge in [-0.3, -0.25) is 4.79 Å². The number of hydrogen-bond donors (Lipinski definition) is 3. The van der Waals surface area contributed by atoms with Crippen molar-refractivity contribution in [2.75, 3.05) is 6.54 Å². The van der Waals surface area contributed by atoms with E-state index in [2.05, 4.69) is 24.4 Å². The van der Waals surface area contributed by atoms with Gasteiger partial charge in [0.05, 0.1) is 0 Å². The number of aromatic hydroxyl groups is 2. The van der Waals surface area contributed by atoms with Crippen molar-refractivity contribution in [3.05, 3.63) is 59.7 Å². The second kappa shape index (κ2) is 6.79. The highest BCUT2D eigenvalue weighted by Gasteiger charge is 2.15. The maximum atomic E-state index is 12.0. The molecule has 0 aromatic heterocycles. The first-order chi connectivity index (χ1) is 10.1. The van der Waals surface area contributed by atoms with Crippen molar-refractivity contribution in [3.63, 3.8) is 0 Å². The van der Waals surface area contributed by atoms with Gasteiger partial charge >= 0.3 is 0 Å². The Kier molecular flexibility index (Phi) is 4.82. The van der Waals surface area contributed by atoms with Gasteiger partial charge in [-0.05, 0) is 30.0 Å². The van der Waals surface area contributed by atoms with Gasteiger partial charge < -0.3 is 15.5 Å². The molecular weight excluding hydrogens is 266 g/mol. The molecule has 2 rings (SSSR count). The van der Waals surface area contributed by atoms with Crippen LogP contribution in [0.1, 0.15) is 35.2 Å². The lowest BCUT2D eigenvalue weighted by molar-refractivity contribution is 0.0947. The van der Waals surface area contributed by atoms with Crippen molar-refractivity contribution < 1.29 is 15.0 Å². The van der Waals surface area contributed by atoms with Crippen LogP contribution < -0.4 is 5.32 Å². The van der Waals surface area contributed by atoms with Crippen LogP contribution in [0.15, 0.2) is 48.5 Å². The van der Waals surface area contributed by atoms with E-state index in [9.17, 15) is 15.0 Å². The molecule has 0 saturated heterocycles. The highest BCUT2D eigenvalue weighted by molar-refractivity contribution is 5.99. The lowest BCUT2D eigenvalue weighted by Crippen LogP contribution is -2.25. The second-order valence-corrected chi connectivity index (χ2v) is 5.03. The zero-order valence-corrected chi connectivity index (χ0v) is 11.9. The summed E-state index contributed by atoms with van der Waals surface area (Å²) in [6.45, 7) is 2.57. The lowest BCUT2D eigenvalue weighted by Gasteiger charge is -2.13. The highest BCUT2D eigenvalue weighted by atomic mass is 16.3. The van der Waals surface area contributed by atoms with Crippen LogP contribution in [0.5, 0.6) is 11.5 Å². The van der Waals surface area contributed by atoms with E-state index in [4.69, 9.17) is 0 Å². The number of carbonyl (C=O) groups is 1. The van der Waals surface area contributed by atoms with Gasteiger partial charge in [-0.2, -0.15) is 0 Å². The Hall–Kier alpha value is -2.49. The third-order valence-electron chi connectivity index (χ3n) is 3.48. The number of phenolic OH excluding ortho intramolecular Hbond substituents is 2. The molecule has 0 aliphatic heterocycles. The Labute approximate surface area is 124 Å². The van der Waals surface area contributed by atoms with Gasteiger partial charge in [-0.25, -0.2) is 0 Å². The Bertz CT molecular complexity index is 590. The van der Waals surface area contributed by atoms with Crippen LogP contribution in [0.4, 0.5) is 0 Å². The van der Waals surface area contributed by atoms with E-state index in [0.29, 0.717) is 12.5 Å². The fourth-order valence-corrected chi connectivity index (χ4v) is 2.20. The van der Waals surface area contributed by atoms with E-state index in [1.165, 1.54) is 23.8 Å². The average molecular weight is 285 g/mol. The van der Waals surface area contributed by atoms with Gasteiger partial charge in [0.25, 0.3) is 5.91 Å². The Balaban J connectivity index is 1.90. The van der Waals surface area contributed by atoms with Gasteiger partial charge in [-0.15, -0.1) is 0 Å². The van der Waals surface area contributed by atoms with Crippen molar-refractivity contribution in [1.82, 2.24) is 5.32 Å². The SMILES string of the molecule is CC(CCNC(=O)c1c(O)cccc1O)c1ccccc1. The fourth-order valence-electron chi connectivity index (χ4n) is 2.20. The standard InChI is InChI=1S/C17H19NO3/c1-12(13-6-3-2-4-7-13)10-11-18-17(21)16-14(19)8-5-9-15(16)20/h2-9,12,19-20H,10-11H2,1H3,(H,18,21). The zero-order valence-electron chi connectivity index (χ0n) is 11.9. The molecule has 0 heterocycles. The van der Waals surface area contributed by atoms with Crippen LogP contribution in [-0.4, -0.2) is 22.7 Å². The number of hydrogen-bond acceptors (Lipinski definition) is 3. The number of nitrogens with one attached hydrogen (secondary N) is 1. The van der Waals surface area contributed by atoms with E-state index in [0.717, 1.165) is 6.42 Å². The lowest BCUT2D eigenvalue weighted by atomic mass is 9.98. The summed E-state index contributed by atoms with van der Waals surface area (Å²) in [5.74, 6) is -0.581. The third kappa shape index (κ3) is 3.75. The normalized spacial score (nSPS) is 11.9. The summed E-state index contributed by atoms with van der Waals surface area (Å²) in [4.78, 5) is 12.0. The van der Waals surface area contributed by atoms with E-state index in [1.807, 2.05) is 18.2 Å². The van der Waals surface area contributed by atoms with E-state index < -0.39 is 5.91 Å². The largest absolute Gasteiger partial charge is 0.507 e. The van der Waals surface area contributed by atoms with Crippen molar-refractivity contribution in [2.24, 2.45) is 0 Å². The van der Waals surface area contributed by atoms with Crippen LogP contribution in [0.3, 0.4) is 0 Å². The molecular formula is C17H19NO3. The molecule has 2 aromatic rings. The first kappa shape index (κ1) is 14.9. The summed E-state index contributed by atoms with van der Waals surface area (Å²) in [7, 11) is 0. The predicted octanol–water partition coefficient (Wildman–Crippen LogP) is 3.02. The second-order valence-electron chi connectivity index (χ2n) is 5.03. The maximum Gasteiger partial charge on any atom is 0.258 e. The molecule has 4 nitrogen and oxygen atoms in total. The van der Waals surface area contributed by atoms with E-state index >= 15 is 0 Å². The van der Waals surface area contributed by atoms with Gasteiger partial charge in [0.2, 0.25) is 0 Å². The number of rotatable bonds is 5. The molecule has 4 heteroatoms. The number of carbonyl (C=O) groups excluding carboxylic acids is 1. The molecule has 1 unspecified atom stereocenters. The van der Waals surface area contributed by atoms with Crippen molar-refractivity contribution in [1.29, 1.82) is 0 Å². The summed E-state index contributed by atoms with van der Waals surface area (Å²) in [6.07, 6.45) is 0.782. The van der Waals surface area contributed by atoms with Crippen LogP contribution in [0.2, 0.25) is 0 Å². The van der Waals surface area contributed by atoms with Gasteiger partial charge in [0.1, 0.15) is 17.1 Å². The molecule has 110 valence electrons. The summed E-state index contributed by atoms with van der Waals surface area (Å²) < 4.78 is 0. The molecule has 0 saturated carbocycles. The number of benzene rings is 2. The Morgan fingerprint density at radius 1 is 1.05 bits per heavy atom. The molecule has 0 fully saturated rings. The third-order valence-corrected chi connectivity index (χ3v) is 3.48. The predicted molar refractivity (Wildman–Crippen MR) is 81.6 cm³/mol. The maximum absolute atomic E-state index is 12.0. The minimum Gasteiger partial charge on any atom is -0.507 e. The molecule has 0 spiro atoms. The molecule has 3 N–H and O–H groups in total. The molecule has 2 aromatic carbocycles. The fraction of sp³-hybridized carbons (Fsp3) is 0.235. The van der Waals surface area contributed by atoms with Crippen LogP contribution in [0, 0.1) is 0 Å². The van der Waals surface area contributed by atoms with Crippen molar-refractivity contribution in [3.8, 4) is 11.5 Å². The van der Waals surface area contributed by atoms with Gasteiger partial charge in [-0.1, -0.05) is 43.3 Å². The van der Waals surface area contributed by atoms with Gasteiger partial charge in [0.15, 0.2) is 0 Å². The highest BCUT2D eigenvalue weighted by Crippen LogP contribution is 2.26. The molecule has 0 radical (unpaired) electrons. The molecule has 0 bridgehead atoms. The molecule has 0 aliphatic rings. The smallest absolute Gasteiger partial charge is 0.258 e. The summed E-state index contributed by atoms with van der Waals surface area (Å²) >= 11 is 0.